The summed E-state index contributed by atoms with van der Waals surface area (Å²) in [5.41, 5.74) is 1.55. The van der Waals surface area contributed by atoms with E-state index in [1.165, 1.54) is 6.07 Å². The van der Waals surface area contributed by atoms with Crippen LogP contribution in [0.5, 0.6) is 5.75 Å². The highest BCUT2D eigenvalue weighted by Crippen LogP contribution is 2.29. The molecule has 0 saturated carbocycles. The Labute approximate surface area is 170 Å². The Morgan fingerprint density at radius 3 is 2.52 bits per heavy atom. The first kappa shape index (κ1) is 22.5. The molecule has 0 unspecified atom stereocenters. The van der Waals surface area contributed by atoms with Gasteiger partial charge < -0.3 is 19.6 Å². The van der Waals surface area contributed by atoms with Gasteiger partial charge in [-0.25, -0.2) is 9.59 Å². The van der Waals surface area contributed by atoms with E-state index < -0.39 is 29.6 Å². The van der Waals surface area contributed by atoms with E-state index in [-0.39, 0.29) is 5.92 Å². The standard InChI is InChI=1S/C22H29NO6/c1-6-8-15-11-18(24)29-20-13(4)17(10-9-16(15)20)28-14(5)21(25)23-19(22(26)27)12(3)7-2/h9-12,14,19H,6-8H2,1-5H3,(H,23,25)(H,26,27)/t12-,14-,19-/m0/s1. The SMILES string of the molecule is CCCc1cc(=O)oc2c(C)c(O[C@@H](C)C(=O)N[C@H](C(=O)O)[C@@H](C)CC)ccc12. The number of amides is 1. The minimum atomic E-state index is -1.08. The van der Waals surface area contributed by atoms with Gasteiger partial charge in [-0.3, -0.25) is 4.79 Å². The average Bonchev–Trinajstić information content (AvgIpc) is 2.67. The molecule has 0 aliphatic carbocycles. The van der Waals surface area contributed by atoms with Gasteiger partial charge >= 0.3 is 11.6 Å². The van der Waals surface area contributed by atoms with Crippen molar-refractivity contribution >= 4 is 22.8 Å². The Morgan fingerprint density at radius 2 is 1.93 bits per heavy atom. The fraction of sp³-hybridized carbons (Fsp3) is 0.500. The number of ether oxygens (including phenoxy) is 1. The van der Waals surface area contributed by atoms with Gasteiger partial charge in [-0.1, -0.05) is 33.6 Å². The zero-order valence-corrected chi connectivity index (χ0v) is 17.6. The van der Waals surface area contributed by atoms with Gasteiger partial charge in [-0.15, -0.1) is 0 Å². The fourth-order valence-corrected chi connectivity index (χ4v) is 3.21. The normalized spacial score (nSPS) is 14.2. The molecule has 7 heteroatoms. The second-order valence-corrected chi connectivity index (χ2v) is 7.38. The number of carboxylic acid groups (broad SMARTS) is 1. The number of carbonyl (C=O) groups is 2. The minimum Gasteiger partial charge on any atom is -0.480 e. The molecule has 1 aromatic carbocycles. The highest BCUT2D eigenvalue weighted by atomic mass is 16.5. The molecule has 29 heavy (non-hydrogen) atoms. The molecule has 0 saturated heterocycles. The summed E-state index contributed by atoms with van der Waals surface area (Å²) in [6.45, 7) is 8.99. The Balaban J connectivity index is 2.27. The molecule has 0 spiro atoms. The van der Waals surface area contributed by atoms with Gasteiger partial charge in [0.1, 0.15) is 17.4 Å². The fourth-order valence-electron chi connectivity index (χ4n) is 3.21. The number of aryl methyl sites for hydroxylation is 2. The molecule has 1 heterocycles. The molecule has 0 radical (unpaired) electrons. The van der Waals surface area contributed by atoms with Crippen LogP contribution >= 0.6 is 0 Å². The Hall–Kier alpha value is -2.83. The number of nitrogens with one attached hydrogen (secondary N) is 1. The molecular formula is C22H29NO6. The van der Waals surface area contributed by atoms with E-state index in [1.54, 1.807) is 26.8 Å². The molecule has 158 valence electrons. The minimum absolute atomic E-state index is 0.211. The molecule has 2 N–H and O–H groups in total. The van der Waals surface area contributed by atoms with Gasteiger partial charge in [-0.2, -0.15) is 0 Å². The van der Waals surface area contributed by atoms with Crippen LogP contribution in [0, 0.1) is 12.8 Å². The summed E-state index contributed by atoms with van der Waals surface area (Å²) >= 11 is 0. The predicted octanol–water partition coefficient (Wildman–Crippen LogP) is 3.44. The van der Waals surface area contributed by atoms with Crippen LogP contribution in [0.15, 0.2) is 27.4 Å². The van der Waals surface area contributed by atoms with E-state index >= 15 is 0 Å². The number of hydrogen-bond acceptors (Lipinski definition) is 5. The Bertz CT molecular complexity index is 948. The molecule has 0 fully saturated rings. The average molecular weight is 403 g/mol. The third kappa shape index (κ3) is 5.16. The molecule has 3 atom stereocenters. The number of hydrogen-bond donors (Lipinski definition) is 2. The maximum Gasteiger partial charge on any atom is 0.336 e. The van der Waals surface area contributed by atoms with Gasteiger partial charge in [-0.05, 0) is 43.9 Å². The molecule has 1 aromatic heterocycles. The highest BCUT2D eigenvalue weighted by molar-refractivity contribution is 5.87. The zero-order valence-electron chi connectivity index (χ0n) is 17.6. The molecule has 7 nitrogen and oxygen atoms in total. The maximum atomic E-state index is 12.5. The highest BCUT2D eigenvalue weighted by Gasteiger charge is 2.28. The first-order chi connectivity index (χ1) is 13.7. The number of carboxylic acids is 1. The molecule has 2 rings (SSSR count). The lowest BCUT2D eigenvalue weighted by Crippen LogP contribution is -2.49. The van der Waals surface area contributed by atoms with Crippen LogP contribution in [0.2, 0.25) is 0 Å². The quantitative estimate of drug-likeness (QED) is 0.621. The maximum absolute atomic E-state index is 12.5. The van der Waals surface area contributed by atoms with E-state index in [4.69, 9.17) is 9.15 Å². The lowest BCUT2D eigenvalue weighted by Gasteiger charge is -2.23. The number of aliphatic carboxylic acids is 1. The smallest absolute Gasteiger partial charge is 0.336 e. The first-order valence-electron chi connectivity index (χ1n) is 9.95. The summed E-state index contributed by atoms with van der Waals surface area (Å²) in [7, 11) is 0. The summed E-state index contributed by atoms with van der Waals surface area (Å²) in [4.78, 5) is 35.8. The van der Waals surface area contributed by atoms with Crippen molar-refractivity contribution in [2.24, 2.45) is 5.92 Å². The van der Waals surface area contributed by atoms with Crippen molar-refractivity contribution in [2.45, 2.75) is 66.0 Å². The van der Waals surface area contributed by atoms with E-state index in [0.29, 0.717) is 23.3 Å². The summed E-state index contributed by atoms with van der Waals surface area (Å²) in [6, 6.07) is 4.08. The van der Waals surface area contributed by atoms with Crippen molar-refractivity contribution in [1.29, 1.82) is 0 Å². The van der Waals surface area contributed by atoms with Crippen molar-refractivity contribution in [1.82, 2.24) is 5.32 Å². The number of rotatable bonds is 9. The zero-order chi connectivity index (χ0) is 21.7. The third-order valence-electron chi connectivity index (χ3n) is 5.17. The first-order valence-corrected chi connectivity index (χ1v) is 9.95. The summed E-state index contributed by atoms with van der Waals surface area (Å²) in [6.07, 6.45) is 1.36. The summed E-state index contributed by atoms with van der Waals surface area (Å²) in [5.74, 6) is -1.39. The largest absolute Gasteiger partial charge is 0.480 e. The van der Waals surface area contributed by atoms with Crippen LogP contribution in [0.3, 0.4) is 0 Å². The number of benzene rings is 1. The molecule has 1 amide bonds. The Kier molecular flexibility index (Phi) is 7.42. The van der Waals surface area contributed by atoms with Crippen LogP contribution < -0.4 is 15.7 Å². The second kappa shape index (κ2) is 9.58. The molecule has 0 aliphatic heterocycles. The van der Waals surface area contributed by atoms with Gasteiger partial charge in [0, 0.05) is 17.0 Å². The number of carbonyl (C=O) groups excluding carboxylic acids is 1. The molecular weight excluding hydrogens is 374 g/mol. The second-order valence-electron chi connectivity index (χ2n) is 7.38. The van der Waals surface area contributed by atoms with Crippen LogP contribution in [0.4, 0.5) is 0 Å². The van der Waals surface area contributed by atoms with Gasteiger partial charge in [0.05, 0.1) is 0 Å². The number of fused-ring (bicyclic) bond motifs is 1. The van der Waals surface area contributed by atoms with Crippen molar-refractivity contribution in [3.8, 4) is 5.75 Å². The van der Waals surface area contributed by atoms with Gasteiger partial charge in [0.15, 0.2) is 6.10 Å². The van der Waals surface area contributed by atoms with E-state index in [0.717, 1.165) is 23.8 Å². The van der Waals surface area contributed by atoms with Crippen molar-refractivity contribution in [3.05, 3.63) is 39.7 Å². The predicted molar refractivity (Wildman–Crippen MR) is 110 cm³/mol. The Morgan fingerprint density at radius 1 is 1.24 bits per heavy atom. The van der Waals surface area contributed by atoms with Crippen LogP contribution in [-0.2, 0) is 16.0 Å². The van der Waals surface area contributed by atoms with E-state index in [1.807, 2.05) is 19.9 Å². The van der Waals surface area contributed by atoms with E-state index in [9.17, 15) is 19.5 Å². The molecule has 0 aliphatic rings. The molecule has 2 aromatic rings. The monoisotopic (exact) mass is 403 g/mol. The van der Waals surface area contributed by atoms with Gasteiger partial charge in [0.2, 0.25) is 0 Å². The van der Waals surface area contributed by atoms with Crippen molar-refractivity contribution < 1.29 is 23.8 Å². The van der Waals surface area contributed by atoms with E-state index in [2.05, 4.69) is 5.32 Å². The summed E-state index contributed by atoms with van der Waals surface area (Å²) < 4.78 is 11.2. The third-order valence-corrected chi connectivity index (χ3v) is 5.17. The van der Waals surface area contributed by atoms with Crippen LogP contribution in [0.25, 0.3) is 11.0 Å². The topological polar surface area (TPSA) is 106 Å². The van der Waals surface area contributed by atoms with Gasteiger partial charge in [0.25, 0.3) is 5.91 Å². The lowest BCUT2D eigenvalue weighted by molar-refractivity contribution is -0.144. The van der Waals surface area contributed by atoms with Crippen molar-refractivity contribution in [3.63, 3.8) is 0 Å². The van der Waals surface area contributed by atoms with Crippen LogP contribution in [0.1, 0.15) is 51.7 Å². The summed E-state index contributed by atoms with van der Waals surface area (Å²) in [5, 5.41) is 12.7. The van der Waals surface area contributed by atoms with Crippen molar-refractivity contribution in [2.75, 3.05) is 0 Å². The molecule has 0 bridgehead atoms. The lowest BCUT2D eigenvalue weighted by atomic mass is 9.99. The van der Waals surface area contributed by atoms with Crippen LogP contribution in [-0.4, -0.2) is 29.1 Å².